The van der Waals surface area contributed by atoms with Crippen molar-refractivity contribution in [1.29, 1.82) is 0 Å². The van der Waals surface area contributed by atoms with E-state index >= 15 is 0 Å². The number of hydrogen-bond donors (Lipinski definition) is 1. The van der Waals surface area contributed by atoms with Gasteiger partial charge in [0.15, 0.2) is 0 Å². The minimum atomic E-state index is -0.930. The van der Waals surface area contributed by atoms with Crippen LogP contribution in [0.2, 0.25) is 0 Å². The van der Waals surface area contributed by atoms with E-state index in [0.717, 1.165) is 30.6 Å². The summed E-state index contributed by atoms with van der Waals surface area (Å²) in [5.74, 6) is -0.0418. The van der Waals surface area contributed by atoms with Crippen LogP contribution in [0.25, 0.3) is 0 Å². The molecule has 2 heterocycles. The van der Waals surface area contributed by atoms with E-state index < -0.39 is 11.6 Å². The number of carbonyl (C=O) groups is 3. The SMILES string of the molecule is CC[C@]1(C)NC(=O)N(CC(=O)N(c2ccccn2)C2CCCC2)C1=O. The monoisotopic (exact) mass is 344 g/mol. The van der Waals surface area contributed by atoms with Crippen LogP contribution in [0, 0.1) is 0 Å². The minimum Gasteiger partial charge on any atom is -0.323 e. The Kier molecular flexibility index (Phi) is 4.74. The molecule has 0 bridgehead atoms. The van der Waals surface area contributed by atoms with Crippen molar-refractivity contribution in [2.75, 3.05) is 11.4 Å². The van der Waals surface area contributed by atoms with Gasteiger partial charge in [0, 0.05) is 12.2 Å². The van der Waals surface area contributed by atoms with E-state index in [0.29, 0.717) is 12.2 Å². The Morgan fingerprint density at radius 1 is 1.36 bits per heavy atom. The fraction of sp³-hybridized carbons (Fsp3) is 0.556. The summed E-state index contributed by atoms with van der Waals surface area (Å²) < 4.78 is 0. The van der Waals surface area contributed by atoms with E-state index in [1.54, 1.807) is 30.2 Å². The molecule has 1 aromatic heterocycles. The first-order chi connectivity index (χ1) is 12.0. The van der Waals surface area contributed by atoms with Gasteiger partial charge in [-0.1, -0.05) is 25.8 Å². The summed E-state index contributed by atoms with van der Waals surface area (Å²) in [5, 5.41) is 2.68. The Bertz CT molecular complexity index is 672. The highest BCUT2D eigenvalue weighted by molar-refractivity contribution is 6.10. The molecule has 134 valence electrons. The predicted molar refractivity (Wildman–Crippen MR) is 92.9 cm³/mol. The normalized spacial score (nSPS) is 23.8. The van der Waals surface area contributed by atoms with Crippen LogP contribution in [0.3, 0.4) is 0 Å². The second kappa shape index (κ2) is 6.82. The van der Waals surface area contributed by atoms with Gasteiger partial charge in [-0.15, -0.1) is 0 Å². The summed E-state index contributed by atoms with van der Waals surface area (Å²) in [6, 6.07) is 4.98. The van der Waals surface area contributed by atoms with Crippen molar-refractivity contribution < 1.29 is 14.4 Å². The summed E-state index contributed by atoms with van der Waals surface area (Å²) in [6.07, 6.45) is 6.09. The maximum absolute atomic E-state index is 13.0. The van der Waals surface area contributed by atoms with Crippen molar-refractivity contribution in [2.45, 2.75) is 57.5 Å². The number of nitrogens with one attached hydrogen (secondary N) is 1. The first kappa shape index (κ1) is 17.4. The summed E-state index contributed by atoms with van der Waals surface area (Å²) in [5.41, 5.74) is -0.930. The first-order valence-corrected chi connectivity index (χ1v) is 8.83. The van der Waals surface area contributed by atoms with Crippen LogP contribution >= 0.6 is 0 Å². The van der Waals surface area contributed by atoms with Crippen LogP contribution in [0.15, 0.2) is 24.4 Å². The number of urea groups is 1. The van der Waals surface area contributed by atoms with Crippen LogP contribution in [0.1, 0.15) is 46.0 Å². The summed E-state index contributed by atoms with van der Waals surface area (Å²) >= 11 is 0. The molecule has 1 aliphatic heterocycles. The zero-order valence-corrected chi connectivity index (χ0v) is 14.7. The lowest BCUT2D eigenvalue weighted by Crippen LogP contribution is -2.48. The van der Waals surface area contributed by atoms with E-state index in [4.69, 9.17) is 0 Å². The zero-order chi connectivity index (χ0) is 18.0. The van der Waals surface area contributed by atoms with Gasteiger partial charge >= 0.3 is 6.03 Å². The minimum absolute atomic E-state index is 0.0701. The lowest BCUT2D eigenvalue weighted by Gasteiger charge is -2.29. The smallest absolute Gasteiger partial charge is 0.323 e. The van der Waals surface area contributed by atoms with Gasteiger partial charge in [0.1, 0.15) is 17.9 Å². The zero-order valence-electron chi connectivity index (χ0n) is 14.7. The van der Waals surface area contributed by atoms with Crippen molar-refractivity contribution in [3.8, 4) is 0 Å². The van der Waals surface area contributed by atoms with Gasteiger partial charge in [0.25, 0.3) is 5.91 Å². The van der Waals surface area contributed by atoms with Crippen LogP contribution in [0.4, 0.5) is 10.6 Å². The predicted octanol–water partition coefficient (Wildman–Crippen LogP) is 2.08. The molecule has 1 N–H and O–H groups in total. The Balaban J connectivity index is 1.81. The number of aromatic nitrogens is 1. The number of nitrogens with zero attached hydrogens (tertiary/aromatic N) is 3. The fourth-order valence-electron chi connectivity index (χ4n) is 3.52. The molecule has 1 saturated heterocycles. The molecular formula is C18H24N4O3. The van der Waals surface area contributed by atoms with Crippen LogP contribution in [-0.2, 0) is 9.59 Å². The van der Waals surface area contributed by atoms with E-state index in [2.05, 4.69) is 10.3 Å². The molecule has 1 aliphatic carbocycles. The van der Waals surface area contributed by atoms with Crippen LogP contribution in [0.5, 0.6) is 0 Å². The molecular weight excluding hydrogens is 320 g/mol. The van der Waals surface area contributed by atoms with E-state index in [1.807, 2.05) is 13.0 Å². The molecule has 1 aromatic rings. The van der Waals surface area contributed by atoms with Crippen LogP contribution < -0.4 is 10.2 Å². The summed E-state index contributed by atoms with van der Waals surface area (Å²) in [4.78, 5) is 44.7. The second-order valence-electron chi connectivity index (χ2n) is 6.90. The molecule has 0 unspecified atom stereocenters. The number of rotatable bonds is 5. The molecule has 2 aliphatic rings. The number of imide groups is 1. The molecule has 2 fully saturated rings. The number of pyridine rings is 1. The number of hydrogen-bond acceptors (Lipinski definition) is 4. The first-order valence-electron chi connectivity index (χ1n) is 8.83. The molecule has 0 aromatic carbocycles. The average molecular weight is 344 g/mol. The highest BCUT2D eigenvalue weighted by atomic mass is 16.2. The molecule has 0 spiro atoms. The fourth-order valence-corrected chi connectivity index (χ4v) is 3.52. The molecule has 4 amide bonds. The molecule has 0 radical (unpaired) electrons. The maximum Gasteiger partial charge on any atom is 0.325 e. The third kappa shape index (κ3) is 3.23. The van der Waals surface area contributed by atoms with E-state index in [1.165, 1.54) is 0 Å². The number of anilines is 1. The van der Waals surface area contributed by atoms with Gasteiger partial charge < -0.3 is 5.32 Å². The highest BCUT2D eigenvalue weighted by Gasteiger charge is 2.47. The van der Waals surface area contributed by atoms with Crippen molar-refractivity contribution in [3.63, 3.8) is 0 Å². The highest BCUT2D eigenvalue weighted by Crippen LogP contribution is 2.28. The maximum atomic E-state index is 13.0. The number of carbonyl (C=O) groups excluding carboxylic acids is 3. The standard InChI is InChI=1S/C18H24N4O3/c1-3-18(2)16(24)21(17(25)20-18)12-15(23)22(13-8-4-5-9-13)14-10-6-7-11-19-14/h6-7,10-11,13H,3-5,8-9,12H2,1-2H3,(H,20,25)/t18-/m0/s1. The van der Waals surface area contributed by atoms with E-state index in [-0.39, 0.29) is 24.4 Å². The van der Waals surface area contributed by atoms with E-state index in [9.17, 15) is 14.4 Å². The molecule has 1 atom stereocenters. The molecule has 25 heavy (non-hydrogen) atoms. The van der Waals surface area contributed by atoms with Crippen molar-refractivity contribution in [2.24, 2.45) is 0 Å². The molecule has 7 heteroatoms. The second-order valence-corrected chi connectivity index (χ2v) is 6.90. The van der Waals surface area contributed by atoms with Gasteiger partial charge in [-0.3, -0.25) is 19.4 Å². The molecule has 3 rings (SSSR count). The summed E-state index contributed by atoms with van der Waals surface area (Å²) in [7, 11) is 0. The van der Waals surface area contributed by atoms with Gasteiger partial charge in [0.2, 0.25) is 5.91 Å². The topological polar surface area (TPSA) is 82.6 Å². The van der Waals surface area contributed by atoms with Gasteiger partial charge in [0.05, 0.1) is 0 Å². The Morgan fingerprint density at radius 3 is 2.64 bits per heavy atom. The Hall–Kier alpha value is -2.44. The number of amides is 4. The Morgan fingerprint density at radius 2 is 2.08 bits per heavy atom. The third-order valence-electron chi connectivity index (χ3n) is 5.20. The van der Waals surface area contributed by atoms with Crippen molar-refractivity contribution in [3.05, 3.63) is 24.4 Å². The van der Waals surface area contributed by atoms with Gasteiger partial charge in [-0.25, -0.2) is 9.78 Å². The molecule has 7 nitrogen and oxygen atoms in total. The average Bonchev–Trinajstić information content (AvgIpc) is 3.20. The lowest BCUT2D eigenvalue weighted by atomic mass is 9.99. The third-order valence-corrected chi connectivity index (χ3v) is 5.20. The van der Waals surface area contributed by atoms with Gasteiger partial charge in [-0.05, 0) is 38.3 Å². The lowest BCUT2D eigenvalue weighted by molar-refractivity contribution is -0.134. The quantitative estimate of drug-likeness (QED) is 0.829. The summed E-state index contributed by atoms with van der Waals surface area (Å²) in [6.45, 7) is 3.26. The van der Waals surface area contributed by atoms with Crippen molar-refractivity contribution in [1.82, 2.24) is 15.2 Å². The Labute approximate surface area is 147 Å². The van der Waals surface area contributed by atoms with Gasteiger partial charge in [-0.2, -0.15) is 0 Å². The largest absolute Gasteiger partial charge is 0.325 e. The van der Waals surface area contributed by atoms with Crippen molar-refractivity contribution >= 4 is 23.7 Å². The molecule has 1 saturated carbocycles. The van der Waals surface area contributed by atoms with Crippen LogP contribution in [-0.4, -0.2) is 45.9 Å².